The van der Waals surface area contributed by atoms with Crippen LogP contribution >= 0.6 is 15.9 Å². The minimum Gasteiger partial charge on any atom is -0.321 e. The highest BCUT2D eigenvalue weighted by molar-refractivity contribution is 9.10. The first-order valence-electron chi connectivity index (χ1n) is 7.03. The van der Waals surface area contributed by atoms with Crippen LogP contribution in [0.15, 0.2) is 22.9 Å². The zero-order valence-electron chi connectivity index (χ0n) is 12.1. The highest BCUT2D eigenvalue weighted by atomic mass is 79.9. The highest BCUT2D eigenvalue weighted by Crippen LogP contribution is 2.26. The summed E-state index contributed by atoms with van der Waals surface area (Å²) in [6, 6.07) is 1.79. The van der Waals surface area contributed by atoms with Gasteiger partial charge in [-0.25, -0.2) is 0 Å². The number of nitrogens with zero attached hydrogens (tertiary/aromatic N) is 3. The number of aromatic nitrogens is 3. The number of halogens is 1. The number of hydrogen-bond donors (Lipinski definition) is 1. The van der Waals surface area contributed by atoms with Crippen LogP contribution in [0.5, 0.6) is 0 Å². The molecule has 0 aliphatic carbocycles. The summed E-state index contributed by atoms with van der Waals surface area (Å²) in [5, 5.41) is 7.26. The Balaban J connectivity index is 1.87. The van der Waals surface area contributed by atoms with Crippen molar-refractivity contribution >= 4 is 27.5 Å². The summed E-state index contributed by atoms with van der Waals surface area (Å²) in [6.45, 7) is 4.99. The van der Waals surface area contributed by atoms with Gasteiger partial charge in [0.05, 0.1) is 33.3 Å². The number of hydrogen-bond acceptors (Lipinski definition) is 3. The zero-order valence-corrected chi connectivity index (χ0v) is 13.6. The van der Waals surface area contributed by atoms with E-state index in [-0.39, 0.29) is 5.91 Å². The van der Waals surface area contributed by atoms with Crippen LogP contribution in [0.3, 0.4) is 0 Å². The van der Waals surface area contributed by atoms with E-state index in [1.165, 1.54) is 0 Å². The standard InChI is InChI=1S/C15H17BrN4O/c1-9-4-6-20-13(7-9)11(8-18-20)15(21)19-12-3-5-17-10(2)14(12)16/h3,5,8-9H,4,6-7H2,1-2H3,(H,17,19,21). The van der Waals surface area contributed by atoms with E-state index in [1.807, 2.05) is 11.6 Å². The van der Waals surface area contributed by atoms with Crippen LogP contribution < -0.4 is 5.32 Å². The SMILES string of the molecule is Cc1nccc(NC(=O)c2cnn3c2CC(C)CC3)c1Br. The molecule has 1 aliphatic heterocycles. The number of carbonyl (C=O) groups excluding carboxylic acids is 1. The molecule has 6 heteroatoms. The molecule has 1 unspecified atom stereocenters. The second-order valence-electron chi connectivity index (χ2n) is 5.54. The molecule has 0 spiro atoms. The lowest BCUT2D eigenvalue weighted by molar-refractivity contribution is 0.102. The molecule has 21 heavy (non-hydrogen) atoms. The first-order chi connectivity index (χ1) is 10.1. The lowest BCUT2D eigenvalue weighted by Crippen LogP contribution is -2.21. The van der Waals surface area contributed by atoms with Gasteiger partial charge in [0.1, 0.15) is 0 Å². The van der Waals surface area contributed by atoms with Gasteiger partial charge in [-0.15, -0.1) is 0 Å². The van der Waals surface area contributed by atoms with Gasteiger partial charge < -0.3 is 5.32 Å². The summed E-state index contributed by atoms with van der Waals surface area (Å²) < 4.78 is 2.76. The fourth-order valence-corrected chi connectivity index (χ4v) is 2.95. The molecular formula is C15H17BrN4O. The van der Waals surface area contributed by atoms with E-state index in [0.717, 1.165) is 40.9 Å². The third-order valence-corrected chi connectivity index (χ3v) is 4.88. The quantitative estimate of drug-likeness (QED) is 0.906. The van der Waals surface area contributed by atoms with Crippen LogP contribution in [-0.2, 0) is 13.0 Å². The van der Waals surface area contributed by atoms with E-state index in [2.05, 4.69) is 38.3 Å². The first-order valence-corrected chi connectivity index (χ1v) is 7.82. The average Bonchev–Trinajstić information content (AvgIpc) is 2.87. The Morgan fingerprint density at radius 2 is 2.33 bits per heavy atom. The van der Waals surface area contributed by atoms with E-state index in [4.69, 9.17) is 0 Å². The molecule has 0 radical (unpaired) electrons. The molecule has 0 saturated carbocycles. The second kappa shape index (κ2) is 5.60. The normalized spacial score (nSPS) is 17.4. The first kappa shape index (κ1) is 14.3. The Morgan fingerprint density at radius 1 is 1.52 bits per heavy atom. The number of amides is 1. The third kappa shape index (κ3) is 2.72. The molecule has 3 heterocycles. The highest BCUT2D eigenvalue weighted by Gasteiger charge is 2.23. The third-order valence-electron chi connectivity index (χ3n) is 3.88. The van der Waals surface area contributed by atoms with Crippen LogP contribution in [0.1, 0.15) is 35.1 Å². The predicted molar refractivity (Wildman–Crippen MR) is 84.3 cm³/mol. The van der Waals surface area contributed by atoms with Crippen molar-refractivity contribution in [1.82, 2.24) is 14.8 Å². The lowest BCUT2D eigenvalue weighted by Gasteiger charge is -2.20. The van der Waals surface area contributed by atoms with Crippen molar-refractivity contribution in [1.29, 1.82) is 0 Å². The molecule has 0 aromatic carbocycles. The molecule has 0 bridgehead atoms. The Morgan fingerprint density at radius 3 is 3.14 bits per heavy atom. The number of carbonyl (C=O) groups is 1. The van der Waals surface area contributed by atoms with E-state index in [9.17, 15) is 4.79 Å². The maximum atomic E-state index is 12.5. The van der Waals surface area contributed by atoms with Gasteiger partial charge >= 0.3 is 0 Å². The van der Waals surface area contributed by atoms with Crippen LogP contribution in [0.4, 0.5) is 5.69 Å². The molecule has 1 amide bonds. The molecule has 0 saturated heterocycles. The Labute approximate surface area is 131 Å². The van der Waals surface area contributed by atoms with E-state index >= 15 is 0 Å². The van der Waals surface area contributed by atoms with Crippen LogP contribution in [0.2, 0.25) is 0 Å². The topological polar surface area (TPSA) is 59.8 Å². The molecule has 0 fully saturated rings. The number of aryl methyl sites for hydroxylation is 2. The van der Waals surface area contributed by atoms with Crippen molar-refractivity contribution in [2.24, 2.45) is 5.92 Å². The van der Waals surface area contributed by atoms with Gasteiger partial charge in [-0.05, 0) is 47.7 Å². The molecule has 1 aliphatic rings. The molecule has 3 rings (SSSR count). The van der Waals surface area contributed by atoms with Gasteiger partial charge in [-0.3, -0.25) is 14.5 Å². The monoisotopic (exact) mass is 348 g/mol. The lowest BCUT2D eigenvalue weighted by atomic mass is 9.96. The summed E-state index contributed by atoms with van der Waals surface area (Å²) in [6.07, 6.45) is 5.38. The molecule has 5 nitrogen and oxygen atoms in total. The fraction of sp³-hybridized carbons (Fsp3) is 0.400. The number of nitrogens with one attached hydrogen (secondary N) is 1. The van der Waals surface area contributed by atoms with Gasteiger partial charge in [0.2, 0.25) is 0 Å². The molecule has 110 valence electrons. The fourth-order valence-electron chi connectivity index (χ4n) is 2.62. The largest absolute Gasteiger partial charge is 0.321 e. The van der Waals surface area contributed by atoms with Crippen molar-refractivity contribution in [2.45, 2.75) is 33.2 Å². The van der Waals surface area contributed by atoms with Crippen molar-refractivity contribution in [2.75, 3.05) is 5.32 Å². The van der Waals surface area contributed by atoms with Gasteiger partial charge in [0, 0.05) is 12.7 Å². The zero-order chi connectivity index (χ0) is 15.0. The average molecular weight is 349 g/mol. The van der Waals surface area contributed by atoms with Crippen molar-refractivity contribution in [3.05, 3.63) is 39.9 Å². The van der Waals surface area contributed by atoms with Gasteiger partial charge in [0.15, 0.2) is 0 Å². The number of fused-ring (bicyclic) bond motifs is 1. The number of anilines is 1. The minimum atomic E-state index is -0.114. The van der Waals surface area contributed by atoms with E-state index in [1.54, 1.807) is 18.5 Å². The summed E-state index contributed by atoms with van der Waals surface area (Å²) in [7, 11) is 0. The van der Waals surface area contributed by atoms with Crippen LogP contribution in [0.25, 0.3) is 0 Å². The Bertz CT molecular complexity index is 695. The van der Waals surface area contributed by atoms with Crippen LogP contribution in [-0.4, -0.2) is 20.7 Å². The summed E-state index contributed by atoms with van der Waals surface area (Å²) >= 11 is 3.46. The van der Waals surface area contributed by atoms with E-state index < -0.39 is 0 Å². The minimum absolute atomic E-state index is 0.114. The predicted octanol–water partition coefficient (Wildman–Crippen LogP) is 3.18. The number of pyridine rings is 1. The molecule has 1 N–H and O–H groups in total. The molecule has 2 aromatic rings. The van der Waals surface area contributed by atoms with Gasteiger partial charge in [-0.1, -0.05) is 6.92 Å². The molecule has 2 aromatic heterocycles. The van der Waals surface area contributed by atoms with Gasteiger partial charge in [0.25, 0.3) is 5.91 Å². The molecular weight excluding hydrogens is 332 g/mol. The maximum Gasteiger partial charge on any atom is 0.259 e. The van der Waals surface area contributed by atoms with Crippen molar-refractivity contribution in [3.8, 4) is 0 Å². The van der Waals surface area contributed by atoms with Crippen molar-refractivity contribution < 1.29 is 4.79 Å². The van der Waals surface area contributed by atoms with Crippen molar-refractivity contribution in [3.63, 3.8) is 0 Å². The maximum absolute atomic E-state index is 12.5. The summed E-state index contributed by atoms with van der Waals surface area (Å²) in [4.78, 5) is 16.7. The Hall–Kier alpha value is -1.69. The summed E-state index contributed by atoms with van der Waals surface area (Å²) in [5.74, 6) is 0.479. The smallest absolute Gasteiger partial charge is 0.259 e. The summed E-state index contributed by atoms with van der Waals surface area (Å²) in [5.41, 5.74) is 3.28. The van der Waals surface area contributed by atoms with Crippen LogP contribution in [0, 0.1) is 12.8 Å². The molecule has 1 atom stereocenters. The Kier molecular flexibility index (Phi) is 3.80. The van der Waals surface area contributed by atoms with Gasteiger partial charge in [-0.2, -0.15) is 5.10 Å². The van der Waals surface area contributed by atoms with E-state index in [0.29, 0.717) is 11.5 Å². The number of rotatable bonds is 2. The second-order valence-corrected chi connectivity index (χ2v) is 6.33.